The monoisotopic (exact) mass is 257 g/mol. The first-order chi connectivity index (χ1) is 8.75. The molecule has 0 aliphatic heterocycles. The molecular formula is C15H12ClNO. The Kier molecular flexibility index (Phi) is 2.80. The Hall–Kier alpha value is -1.80. The summed E-state index contributed by atoms with van der Waals surface area (Å²) in [5, 5.41) is 1.98. The molecule has 1 heterocycles. The first kappa shape index (κ1) is 11.3. The molecule has 0 radical (unpaired) electrons. The van der Waals surface area contributed by atoms with Crippen molar-refractivity contribution < 1.29 is 4.74 Å². The molecular weight excluding hydrogens is 246 g/mol. The van der Waals surface area contributed by atoms with E-state index in [9.17, 15) is 0 Å². The molecule has 0 amide bonds. The molecule has 0 saturated carbocycles. The molecule has 1 aromatic heterocycles. The Morgan fingerprint density at radius 1 is 0.944 bits per heavy atom. The van der Waals surface area contributed by atoms with Crippen molar-refractivity contribution in [2.24, 2.45) is 0 Å². The van der Waals surface area contributed by atoms with Gasteiger partial charge in [-0.1, -0.05) is 35.9 Å². The molecule has 3 heteroatoms. The summed E-state index contributed by atoms with van der Waals surface area (Å²) in [5.74, 6) is 0.804. The lowest BCUT2D eigenvalue weighted by Gasteiger charge is -2.13. The van der Waals surface area contributed by atoms with Crippen molar-refractivity contribution in [1.82, 2.24) is 4.98 Å². The molecule has 0 N–H and O–H groups in total. The number of ether oxygens (including phenoxy) is 1. The van der Waals surface area contributed by atoms with E-state index in [4.69, 9.17) is 16.3 Å². The number of pyridine rings is 1. The van der Waals surface area contributed by atoms with E-state index in [2.05, 4.69) is 4.98 Å². The van der Waals surface area contributed by atoms with Crippen molar-refractivity contribution in [3.63, 3.8) is 0 Å². The van der Waals surface area contributed by atoms with E-state index in [0.29, 0.717) is 0 Å². The molecule has 1 unspecified atom stereocenters. The topological polar surface area (TPSA) is 22.1 Å². The third-order valence-electron chi connectivity index (χ3n) is 2.82. The van der Waals surface area contributed by atoms with Gasteiger partial charge < -0.3 is 4.74 Å². The molecule has 2 aromatic carbocycles. The Morgan fingerprint density at radius 3 is 1.94 bits per heavy atom. The number of hydrogen-bond acceptors (Lipinski definition) is 2. The lowest BCUT2D eigenvalue weighted by Crippen LogP contribution is -2.03. The minimum atomic E-state index is -0.376. The van der Waals surface area contributed by atoms with Crippen LogP contribution < -0.4 is 4.74 Å². The summed E-state index contributed by atoms with van der Waals surface area (Å²) in [5.41, 5.74) is 1.46. The fraction of sp³-hybridized carbons (Fsp3) is 0.133. The normalized spacial score (nSPS) is 12.8. The van der Waals surface area contributed by atoms with Crippen LogP contribution in [-0.2, 0) is 0 Å². The summed E-state index contributed by atoms with van der Waals surface area (Å²) in [6, 6.07) is 15.9. The number of rotatable bonds is 2. The average molecular weight is 258 g/mol. The van der Waals surface area contributed by atoms with Gasteiger partial charge >= 0.3 is 0 Å². The van der Waals surface area contributed by atoms with Crippen molar-refractivity contribution in [3.05, 3.63) is 48.5 Å². The third kappa shape index (κ3) is 1.89. The maximum atomic E-state index is 5.97. The van der Waals surface area contributed by atoms with Gasteiger partial charge in [0, 0.05) is 10.8 Å². The zero-order chi connectivity index (χ0) is 12.5. The van der Waals surface area contributed by atoms with Crippen LogP contribution in [0.2, 0.25) is 0 Å². The molecule has 0 fully saturated rings. The van der Waals surface area contributed by atoms with Crippen LogP contribution in [0.15, 0.2) is 48.5 Å². The van der Waals surface area contributed by atoms with Crippen LogP contribution in [0.1, 0.15) is 6.92 Å². The van der Waals surface area contributed by atoms with E-state index in [0.717, 1.165) is 27.6 Å². The number of fused-ring (bicyclic) bond motifs is 2. The number of halogens is 1. The number of benzene rings is 2. The molecule has 0 bridgehead atoms. The summed E-state index contributed by atoms with van der Waals surface area (Å²) in [7, 11) is 0. The van der Waals surface area contributed by atoms with Crippen molar-refractivity contribution >= 4 is 33.4 Å². The van der Waals surface area contributed by atoms with Gasteiger partial charge in [-0.2, -0.15) is 0 Å². The van der Waals surface area contributed by atoms with Crippen molar-refractivity contribution in [2.45, 2.75) is 12.5 Å². The van der Waals surface area contributed by atoms with Crippen LogP contribution in [0.3, 0.4) is 0 Å². The summed E-state index contributed by atoms with van der Waals surface area (Å²) in [6.07, 6.45) is 0. The van der Waals surface area contributed by atoms with E-state index in [1.165, 1.54) is 0 Å². The van der Waals surface area contributed by atoms with E-state index >= 15 is 0 Å². The highest BCUT2D eigenvalue weighted by Crippen LogP contribution is 2.33. The molecule has 0 aliphatic carbocycles. The van der Waals surface area contributed by atoms with Crippen LogP contribution in [0, 0.1) is 0 Å². The largest absolute Gasteiger partial charge is 0.474 e. The fourth-order valence-corrected chi connectivity index (χ4v) is 2.18. The minimum Gasteiger partial charge on any atom is -0.474 e. The second-order valence-electron chi connectivity index (χ2n) is 4.14. The van der Waals surface area contributed by atoms with E-state index in [1.807, 2.05) is 55.5 Å². The van der Waals surface area contributed by atoms with Gasteiger partial charge in [0.15, 0.2) is 5.56 Å². The third-order valence-corrected chi connectivity index (χ3v) is 2.91. The first-order valence-electron chi connectivity index (χ1n) is 5.84. The molecule has 0 spiro atoms. The van der Waals surface area contributed by atoms with Crippen molar-refractivity contribution in [3.8, 4) is 5.75 Å². The van der Waals surface area contributed by atoms with Crippen LogP contribution in [0.5, 0.6) is 5.75 Å². The van der Waals surface area contributed by atoms with Crippen LogP contribution in [-0.4, -0.2) is 10.5 Å². The Labute approximate surface area is 110 Å². The van der Waals surface area contributed by atoms with Crippen molar-refractivity contribution in [2.75, 3.05) is 0 Å². The summed E-state index contributed by atoms with van der Waals surface area (Å²) in [4.78, 5) is 4.62. The highest BCUT2D eigenvalue weighted by atomic mass is 35.5. The molecule has 90 valence electrons. The summed E-state index contributed by atoms with van der Waals surface area (Å²) < 4.78 is 5.77. The maximum Gasteiger partial charge on any atom is 0.169 e. The van der Waals surface area contributed by atoms with E-state index in [-0.39, 0.29) is 5.56 Å². The van der Waals surface area contributed by atoms with Crippen LogP contribution in [0.4, 0.5) is 0 Å². The molecule has 0 saturated heterocycles. The molecule has 3 aromatic rings. The van der Waals surface area contributed by atoms with Crippen LogP contribution in [0.25, 0.3) is 21.8 Å². The molecule has 18 heavy (non-hydrogen) atoms. The number of alkyl halides is 1. The minimum absolute atomic E-state index is 0.376. The van der Waals surface area contributed by atoms with Gasteiger partial charge in [0.1, 0.15) is 5.75 Å². The van der Waals surface area contributed by atoms with Gasteiger partial charge in [-0.25, -0.2) is 4.98 Å². The lowest BCUT2D eigenvalue weighted by atomic mass is 10.1. The van der Waals surface area contributed by atoms with Gasteiger partial charge in [-0.3, -0.25) is 0 Å². The van der Waals surface area contributed by atoms with Gasteiger partial charge in [0.2, 0.25) is 0 Å². The second kappa shape index (κ2) is 4.46. The highest BCUT2D eigenvalue weighted by Gasteiger charge is 2.11. The van der Waals surface area contributed by atoms with Gasteiger partial charge in [-0.15, -0.1) is 0 Å². The molecule has 0 aliphatic rings. The number of hydrogen-bond donors (Lipinski definition) is 0. The van der Waals surface area contributed by atoms with Gasteiger partial charge in [-0.05, 0) is 31.2 Å². The standard InChI is InChI=1S/C15H12ClNO/c1-10(16)18-15-11-6-2-4-8-13(11)17-14-9-5-3-7-12(14)15/h2-10H,1H3. The fourth-order valence-electron chi connectivity index (χ4n) is 2.09. The maximum absolute atomic E-state index is 5.97. The second-order valence-corrected chi connectivity index (χ2v) is 4.75. The number of aromatic nitrogens is 1. The SMILES string of the molecule is CC(Cl)Oc1c2ccccc2nc2ccccc12. The lowest BCUT2D eigenvalue weighted by molar-refractivity contribution is 0.308. The highest BCUT2D eigenvalue weighted by molar-refractivity contribution is 6.19. The first-order valence-corrected chi connectivity index (χ1v) is 6.27. The molecule has 2 nitrogen and oxygen atoms in total. The Morgan fingerprint density at radius 2 is 1.44 bits per heavy atom. The van der Waals surface area contributed by atoms with E-state index in [1.54, 1.807) is 0 Å². The quantitative estimate of drug-likeness (QED) is 0.503. The number of nitrogens with zero attached hydrogens (tertiary/aromatic N) is 1. The predicted molar refractivity (Wildman–Crippen MR) is 75.2 cm³/mol. The van der Waals surface area contributed by atoms with Crippen LogP contribution >= 0.6 is 11.6 Å². The molecule has 3 rings (SSSR count). The van der Waals surface area contributed by atoms with Gasteiger partial charge in [0.25, 0.3) is 0 Å². The summed E-state index contributed by atoms with van der Waals surface area (Å²) in [6.45, 7) is 1.81. The zero-order valence-corrected chi connectivity index (χ0v) is 10.7. The van der Waals surface area contributed by atoms with E-state index < -0.39 is 0 Å². The zero-order valence-electron chi connectivity index (χ0n) is 9.93. The smallest absolute Gasteiger partial charge is 0.169 e. The average Bonchev–Trinajstić information content (AvgIpc) is 2.38. The van der Waals surface area contributed by atoms with Crippen molar-refractivity contribution in [1.29, 1.82) is 0 Å². The molecule has 1 atom stereocenters. The van der Waals surface area contributed by atoms with Gasteiger partial charge in [0.05, 0.1) is 11.0 Å². The summed E-state index contributed by atoms with van der Waals surface area (Å²) >= 11 is 5.97. The number of para-hydroxylation sites is 2. The predicted octanol–water partition coefficient (Wildman–Crippen LogP) is 4.35. The Balaban J connectivity index is 2.41. The Bertz CT molecular complexity index is 655.